The average Bonchev–Trinajstić information content (AvgIpc) is 2.00. The van der Waals surface area contributed by atoms with Crippen LogP contribution in [-0.4, -0.2) is 6.29 Å². The lowest BCUT2D eigenvalue weighted by molar-refractivity contribution is -0.113. The maximum absolute atomic E-state index is 10.3. The van der Waals surface area contributed by atoms with Gasteiger partial charge < -0.3 is 4.79 Å². The van der Waals surface area contributed by atoms with Crippen LogP contribution >= 0.6 is 0 Å². The minimum Gasteiger partial charge on any atom is -0.302 e. The van der Waals surface area contributed by atoms with E-state index in [2.05, 4.69) is 5.92 Å². The van der Waals surface area contributed by atoms with Crippen molar-refractivity contribution in [2.75, 3.05) is 0 Å². The van der Waals surface area contributed by atoms with E-state index in [9.17, 15) is 4.79 Å². The fraction of sp³-hybridized carbons (Fsp3) is 0.500. The third-order valence-corrected chi connectivity index (χ3v) is 1.35. The Morgan fingerprint density at radius 2 is 2.40 bits per heavy atom. The minimum absolute atomic E-state index is 0.333. The maximum Gasteiger partial charge on any atom is 0.137 e. The van der Waals surface area contributed by atoms with E-state index in [4.69, 9.17) is 11.7 Å². The van der Waals surface area contributed by atoms with Gasteiger partial charge in [-0.25, -0.2) is 0 Å². The molecule has 0 bridgehead atoms. The van der Waals surface area contributed by atoms with Crippen LogP contribution < -0.4 is 0 Å². The van der Waals surface area contributed by atoms with E-state index in [0.29, 0.717) is 19.1 Å². The molecule has 0 aromatic carbocycles. The summed E-state index contributed by atoms with van der Waals surface area (Å²) in [5.74, 6) is 2.34. The summed E-state index contributed by atoms with van der Waals surface area (Å²) in [6.45, 7) is 1.65. The number of carbonyl (C=O) groups excluding carboxylic acids is 1. The van der Waals surface area contributed by atoms with E-state index >= 15 is 0 Å². The van der Waals surface area contributed by atoms with Crippen molar-refractivity contribution in [3.63, 3.8) is 0 Å². The first kappa shape index (κ1) is 8.72. The molecule has 0 aliphatic rings. The van der Waals surface area contributed by atoms with E-state index in [1.54, 1.807) is 6.92 Å². The quantitative estimate of drug-likeness (QED) is 0.430. The number of hydrogen-bond donors (Lipinski definition) is 0. The largest absolute Gasteiger partial charge is 0.302 e. The summed E-state index contributed by atoms with van der Waals surface area (Å²) in [7, 11) is 0. The van der Waals surface area contributed by atoms with Gasteiger partial charge in [0, 0.05) is 6.42 Å². The Morgan fingerprint density at radius 3 is 2.70 bits per heavy atom. The maximum atomic E-state index is 10.3. The number of terminal acetylenes is 1. The van der Waals surface area contributed by atoms with Gasteiger partial charge >= 0.3 is 0 Å². The molecule has 0 aliphatic carbocycles. The topological polar surface area (TPSA) is 40.9 Å². The van der Waals surface area contributed by atoms with Gasteiger partial charge in [0.25, 0.3) is 0 Å². The highest BCUT2D eigenvalue weighted by atomic mass is 16.1. The lowest BCUT2D eigenvalue weighted by atomic mass is 9.89. The fourth-order valence-corrected chi connectivity index (χ4v) is 0.481. The highest BCUT2D eigenvalue weighted by Gasteiger charge is 2.18. The normalized spacial score (nSPS) is 14.3. The second-order valence-electron chi connectivity index (χ2n) is 2.34. The van der Waals surface area contributed by atoms with Crippen LogP contribution in [0.25, 0.3) is 0 Å². The van der Waals surface area contributed by atoms with Gasteiger partial charge in [-0.1, -0.05) is 5.92 Å². The summed E-state index contributed by atoms with van der Waals surface area (Å²) < 4.78 is 0. The third-order valence-electron chi connectivity index (χ3n) is 1.35. The summed E-state index contributed by atoms with van der Waals surface area (Å²) in [5.41, 5.74) is -0.740. The van der Waals surface area contributed by atoms with E-state index < -0.39 is 5.41 Å². The molecule has 2 heteroatoms. The van der Waals surface area contributed by atoms with Crippen LogP contribution in [0.5, 0.6) is 0 Å². The van der Waals surface area contributed by atoms with Crippen molar-refractivity contribution < 1.29 is 4.79 Å². The van der Waals surface area contributed by atoms with Gasteiger partial charge in [0.05, 0.1) is 11.5 Å². The SMILES string of the molecule is C#C[C@](C)(C=O)CCC#N. The number of carbonyl (C=O) groups is 1. The molecule has 0 aromatic heterocycles. The Bertz CT molecular complexity index is 196. The van der Waals surface area contributed by atoms with Crippen LogP contribution in [0.1, 0.15) is 19.8 Å². The van der Waals surface area contributed by atoms with Crippen molar-refractivity contribution in [3.8, 4) is 18.4 Å². The molecule has 0 N–H and O–H groups in total. The standard InChI is InChI=1S/C8H9NO/c1-3-8(2,7-10)5-4-6-9/h1,7H,4-5H2,2H3/t8-/m0/s1. The molecule has 0 spiro atoms. The summed E-state index contributed by atoms with van der Waals surface area (Å²) in [6.07, 6.45) is 6.56. The van der Waals surface area contributed by atoms with Gasteiger partial charge in [0.1, 0.15) is 6.29 Å². The molecule has 2 nitrogen and oxygen atoms in total. The predicted octanol–water partition coefficient (Wildman–Crippen LogP) is 1.13. The molecule has 0 saturated heterocycles. The van der Waals surface area contributed by atoms with Gasteiger partial charge in [-0.05, 0) is 13.3 Å². The first-order valence-corrected chi connectivity index (χ1v) is 2.99. The molecule has 0 fully saturated rings. The zero-order chi connectivity index (χ0) is 8.04. The van der Waals surface area contributed by atoms with Crippen LogP contribution in [0.4, 0.5) is 0 Å². The molecule has 0 aliphatic heterocycles. The van der Waals surface area contributed by atoms with Crippen molar-refractivity contribution in [1.82, 2.24) is 0 Å². The average molecular weight is 135 g/mol. The molecule has 0 rings (SSSR count). The van der Waals surface area contributed by atoms with Crippen molar-refractivity contribution in [3.05, 3.63) is 0 Å². The first-order valence-electron chi connectivity index (χ1n) is 2.99. The van der Waals surface area contributed by atoms with Gasteiger partial charge in [-0.3, -0.25) is 0 Å². The van der Waals surface area contributed by atoms with Crippen LogP contribution in [0.2, 0.25) is 0 Å². The van der Waals surface area contributed by atoms with E-state index in [-0.39, 0.29) is 0 Å². The molecule has 52 valence electrons. The van der Waals surface area contributed by atoms with Gasteiger partial charge in [0.15, 0.2) is 0 Å². The van der Waals surface area contributed by atoms with Crippen LogP contribution in [-0.2, 0) is 4.79 Å². The van der Waals surface area contributed by atoms with Crippen molar-refractivity contribution >= 4 is 6.29 Å². The smallest absolute Gasteiger partial charge is 0.137 e. The Morgan fingerprint density at radius 1 is 1.80 bits per heavy atom. The van der Waals surface area contributed by atoms with Crippen molar-refractivity contribution in [1.29, 1.82) is 5.26 Å². The Labute approximate surface area is 60.8 Å². The Kier molecular flexibility index (Phi) is 3.22. The number of nitrogens with zero attached hydrogens (tertiary/aromatic N) is 1. The number of hydrogen-bond acceptors (Lipinski definition) is 2. The summed E-state index contributed by atoms with van der Waals surface area (Å²) >= 11 is 0. The van der Waals surface area contributed by atoms with Crippen LogP contribution in [0, 0.1) is 29.1 Å². The number of rotatable bonds is 3. The second kappa shape index (κ2) is 3.69. The van der Waals surface area contributed by atoms with Crippen LogP contribution in [0.3, 0.4) is 0 Å². The minimum atomic E-state index is -0.740. The van der Waals surface area contributed by atoms with E-state index in [1.807, 2.05) is 6.07 Å². The van der Waals surface area contributed by atoms with Gasteiger partial charge in [0.2, 0.25) is 0 Å². The predicted molar refractivity (Wildman–Crippen MR) is 37.9 cm³/mol. The highest BCUT2D eigenvalue weighted by Crippen LogP contribution is 2.17. The zero-order valence-electron chi connectivity index (χ0n) is 5.92. The Balaban J connectivity index is 4.00. The van der Waals surface area contributed by atoms with E-state index in [1.165, 1.54) is 0 Å². The lowest BCUT2D eigenvalue weighted by Crippen LogP contribution is -2.14. The van der Waals surface area contributed by atoms with Crippen LogP contribution in [0.15, 0.2) is 0 Å². The monoisotopic (exact) mass is 135 g/mol. The number of nitriles is 1. The van der Waals surface area contributed by atoms with Crippen molar-refractivity contribution in [2.24, 2.45) is 5.41 Å². The molecule has 0 aromatic rings. The first-order chi connectivity index (χ1) is 4.68. The molecule has 0 amide bonds. The molecule has 0 radical (unpaired) electrons. The zero-order valence-corrected chi connectivity index (χ0v) is 5.92. The molecule has 0 saturated carbocycles. The summed E-state index contributed by atoms with van der Waals surface area (Å²) in [4.78, 5) is 10.3. The molecule has 0 heterocycles. The van der Waals surface area contributed by atoms with Crippen molar-refractivity contribution in [2.45, 2.75) is 19.8 Å². The number of aldehydes is 1. The summed E-state index contributed by atoms with van der Waals surface area (Å²) in [5, 5.41) is 8.19. The molecule has 0 unspecified atom stereocenters. The molecule has 10 heavy (non-hydrogen) atoms. The second-order valence-corrected chi connectivity index (χ2v) is 2.34. The van der Waals surface area contributed by atoms with E-state index in [0.717, 1.165) is 0 Å². The lowest BCUT2D eigenvalue weighted by Gasteiger charge is -2.11. The molecular weight excluding hydrogens is 126 g/mol. The fourth-order valence-electron chi connectivity index (χ4n) is 0.481. The van der Waals surface area contributed by atoms with Gasteiger partial charge in [-0.2, -0.15) is 5.26 Å². The Hall–Kier alpha value is -1.28. The molecular formula is C8H9NO. The summed E-state index contributed by atoms with van der Waals surface area (Å²) in [6, 6.07) is 1.94. The van der Waals surface area contributed by atoms with Gasteiger partial charge in [-0.15, -0.1) is 6.42 Å². The highest BCUT2D eigenvalue weighted by molar-refractivity contribution is 5.63. The molecule has 1 atom stereocenters. The third kappa shape index (κ3) is 2.33.